The fraction of sp³-hybridized carbons (Fsp3) is 0.0667. The maximum absolute atomic E-state index is 13.5. The lowest BCUT2D eigenvalue weighted by atomic mass is 10.2. The summed E-state index contributed by atoms with van der Waals surface area (Å²) in [6, 6.07) is 28.5. The molecule has 0 saturated carbocycles. The molecule has 0 radical (unpaired) electrons. The molecule has 0 fully saturated rings. The SMILES string of the molecule is COc1cccc(C=Nn2c(-c3ccccc3)nc3ccccc3c2=O)c1OCC(=O)Nc1ccc(Cl)cc1. The summed E-state index contributed by atoms with van der Waals surface area (Å²) in [5.74, 6) is 0.735. The van der Waals surface area contributed by atoms with Gasteiger partial charge in [0.1, 0.15) is 0 Å². The number of halogens is 1. The second-order valence-electron chi connectivity index (χ2n) is 8.40. The second-order valence-corrected chi connectivity index (χ2v) is 8.84. The van der Waals surface area contributed by atoms with E-state index in [0.29, 0.717) is 44.5 Å². The first kappa shape index (κ1) is 25.7. The van der Waals surface area contributed by atoms with Gasteiger partial charge in [-0.15, -0.1) is 0 Å². The molecule has 39 heavy (non-hydrogen) atoms. The molecule has 8 nitrogen and oxygen atoms in total. The number of hydrogen-bond acceptors (Lipinski definition) is 6. The molecular weight excluding hydrogens is 516 g/mol. The van der Waals surface area contributed by atoms with Gasteiger partial charge in [0.05, 0.1) is 24.2 Å². The molecule has 1 heterocycles. The largest absolute Gasteiger partial charge is 0.493 e. The molecule has 0 aliphatic heterocycles. The van der Waals surface area contributed by atoms with Crippen molar-refractivity contribution in [2.24, 2.45) is 5.10 Å². The molecule has 0 bridgehead atoms. The molecule has 0 saturated heterocycles. The summed E-state index contributed by atoms with van der Waals surface area (Å²) >= 11 is 5.91. The molecule has 0 aliphatic carbocycles. The minimum atomic E-state index is -0.368. The number of aromatic nitrogens is 2. The molecule has 1 N–H and O–H groups in total. The van der Waals surface area contributed by atoms with Gasteiger partial charge in [0.15, 0.2) is 23.9 Å². The topological polar surface area (TPSA) is 94.8 Å². The second kappa shape index (κ2) is 11.6. The first-order valence-corrected chi connectivity index (χ1v) is 12.4. The Morgan fingerprint density at radius 2 is 1.72 bits per heavy atom. The number of benzene rings is 4. The predicted molar refractivity (Wildman–Crippen MR) is 153 cm³/mol. The van der Waals surface area contributed by atoms with Crippen LogP contribution in [0.25, 0.3) is 22.3 Å². The molecule has 5 aromatic rings. The first-order valence-electron chi connectivity index (χ1n) is 12.0. The van der Waals surface area contributed by atoms with Crippen molar-refractivity contribution in [3.63, 3.8) is 0 Å². The van der Waals surface area contributed by atoms with E-state index >= 15 is 0 Å². The molecule has 9 heteroatoms. The molecule has 1 aromatic heterocycles. The third-order valence-corrected chi connectivity index (χ3v) is 6.05. The highest BCUT2D eigenvalue weighted by atomic mass is 35.5. The highest BCUT2D eigenvalue weighted by Crippen LogP contribution is 2.30. The van der Waals surface area contributed by atoms with Gasteiger partial charge in [0.2, 0.25) is 0 Å². The zero-order valence-electron chi connectivity index (χ0n) is 20.9. The zero-order chi connectivity index (χ0) is 27.2. The summed E-state index contributed by atoms with van der Waals surface area (Å²) in [5, 5.41) is 8.27. The van der Waals surface area contributed by atoms with Gasteiger partial charge in [0.25, 0.3) is 11.5 Å². The lowest BCUT2D eigenvalue weighted by Gasteiger charge is -2.14. The first-order chi connectivity index (χ1) is 19.0. The molecule has 4 aromatic carbocycles. The average Bonchev–Trinajstić information content (AvgIpc) is 2.97. The van der Waals surface area contributed by atoms with E-state index in [1.807, 2.05) is 36.4 Å². The number of anilines is 1. The lowest BCUT2D eigenvalue weighted by molar-refractivity contribution is -0.118. The summed E-state index contributed by atoms with van der Waals surface area (Å²) in [7, 11) is 1.50. The molecule has 0 unspecified atom stereocenters. The van der Waals surface area contributed by atoms with Crippen molar-refractivity contribution in [1.29, 1.82) is 0 Å². The standard InChI is InChI=1S/C30H23ClN4O4/c1-38-26-13-7-10-21(28(26)39-19-27(36)33-23-16-14-22(31)15-17-23)18-32-35-29(20-8-3-2-4-9-20)34-25-12-6-5-11-24(25)30(35)37/h2-18H,19H2,1H3,(H,33,36). The smallest absolute Gasteiger partial charge is 0.282 e. The number of ether oxygens (including phenoxy) is 2. The quantitative estimate of drug-likeness (QED) is 0.259. The van der Waals surface area contributed by atoms with Crippen LogP contribution in [0, 0.1) is 0 Å². The van der Waals surface area contributed by atoms with E-state index in [2.05, 4.69) is 10.4 Å². The maximum atomic E-state index is 13.5. The van der Waals surface area contributed by atoms with E-state index in [1.165, 1.54) is 18.0 Å². The number of rotatable bonds is 8. The highest BCUT2D eigenvalue weighted by Gasteiger charge is 2.15. The summed E-state index contributed by atoms with van der Waals surface area (Å²) in [6.07, 6.45) is 1.49. The predicted octanol–water partition coefficient (Wildman–Crippen LogP) is 5.63. The number of amides is 1. The highest BCUT2D eigenvalue weighted by molar-refractivity contribution is 6.30. The van der Waals surface area contributed by atoms with Gasteiger partial charge >= 0.3 is 0 Å². The van der Waals surface area contributed by atoms with E-state index < -0.39 is 0 Å². The average molecular weight is 539 g/mol. The molecule has 1 amide bonds. The van der Waals surface area contributed by atoms with Crippen molar-refractivity contribution < 1.29 is 14.3 Å². The number of nitrogens with zero attached hydrogens (tertiary/aromatic N) is 3. The van der Waals surface area contributed by atoms with Crippen LogP contribution < -0.4 is 20.3 Å². The van der Waals surface area contributed by atoms with Gasteiger partial charge in [-0.3, -0.25) is 9.59 Å². The van der Waals surface area contributed by atoms with Crippen molar-refractivity contribution in [3.8, 4) is 22.9 Å². The minimum absolute atomic E-state index is 0.281. The number of para-hydroxylation sites is 2. The Morgan fingerprint density at radius 3 is 2.49 bits per heavy atom. The van der Waals surface area contributed by atoms with Gasteiger partial charge in [-0.2, -0.15) is 9.78 Å². The molecule has 0 atom stereocenters. The van der Waals surface area contributed by atoms with Crippen LogP contribution in [0.5, 0.6) is 11.5 Å². The van der Waals surface area contributed by atoms with Gasteiger partial charge < -0.3 is 14.8 Å². The third kappa shape index (κ3) is 5.81. The minimum Gasteiger partial charge on any atom is -0.493 e. The Balaban J connectivity index is 1.48. The monoisotopic (exact) mass is 538 g/mol. The molecule has 5 rings (SSSR count). The number of nitrogens with one attached hydrogen (secondary N) is 1. The summed E-state index contributed by atoms with van der Waals surface area (Å²) in [6.45, 7) is -0.281. The van der Waals surface area contributed by atoms with E-state index in [0.717, 1.165) is 5.56 Å². The summed E-state index contributed by atoms with van der Waals surface area (Å²) in [5.41, 5.74) is 2.09. The Kier molecular flexibility index (Phi) is 7.65. The van der Waals surface area contributed by atoms with Gasteiger partial charge in [0, 0.05) is 21.8 Å². The number of methoxy groups -OCH3 is 1. The summed E-state index contributed by atoms with van der Waals surface area (Å²) in [4.78, 5) is 30.7. The molecule has 0 spiro atoms. The fourth-order valence-electron chi connectivity index (χ4n) is 3.94. The molecular formula is C30H23ClN4O4. The molecule has 194 valence electrons. The third-order valence-electron chi connectivity index (χ3n) is 5.80. The van der Waals surface area contributed by atoms with E-state index in [9.17, 15) is 9.59 Å². The Bertz CT molecular complexity index is 1720. The van der Waals surface area contributed by atoms with Crippen LogP contribution >= 0.6 is 11.6 Å². The summed E-state index contributed by atoms with van der Waals surface area (Å²) < 4.78 is 12.6. The van der Waals surface area contributed by atoms with Crippen molar-refractivity contribution in [3.05, 3.63) is 118 Å². The van der Waals surface area contributed by atoms with E-state index in [-0.39, 0.29) is 18.1 Å². The van der Waals surface area contributed by atoms with Crippen LogP contribution in [0.15, 0.2) is 107 Å². The lowest BCUT2D eigenvalue weighted by Crippen LogP contribution is -2.21. The maximum Gasteiger partial charge on any atom is 0.282 e. The van der Waals surface area contributed by atoms with Crippen molar-refractivity contribution in [2.45, 2.75) is 0 Å². The van der Waals surface area contributed by atoms with Gasteiger partial charge in [-0.25, -0.2) is 4.98 Å². The number of carbonyl (C=O) groups is 1. The zero-order valence-corrected chi connectivity index (χ0v) is 21.6. The van der Waals surface area contributed by atoms with E-state index in [1.54, 1.807) is 60.7 Å². The van der Waals surface area contributed by atoms with Gasteiger partial charge in [-0.1, -0.05) is 60.1 Å². The molecule has 0 aliphatic rings. The van der Waals surface area contributed by atoms with Crippen molar-refractivity contribution >= 4 is 40.3 Å². The van der Waals surface area contributed by atoms with Crippen LogP contribution in [0.3, 0.4) is 0 Å². The Morgan fingerprint density at radius 1 is 0.974 bits per heavy atom. The van der Waals surface area contributed by atoms with Crippen LogP contribution in [0.2, 0.25) is 5.02 Å². The Labute approximate surface area is 229 Å². The van der Waals surface area contributed by atoms with Crippen molar-refractivity contribution in [1.82, 2.24) is 9.66 Å². The van der Waals surface area contributed by atoms with Crippen molar-refractivity contribution in [2.75, 3.05) is 19.0 Å². The van der Waals surface area contributed by atoms with Gasteiger partial charge in [-0.05, 0) is 48.5 Å². The number of fused-ring (bicyclic) bond motifs is 1. The number of hydrogen-bond donors (Lipinski definition) is 1. The van der Waals surface area contributed by atoms with Crippen LogP contribution in [0.4, 0.5) is 5.69 Å². The van der Waals surface area contributed by atoms with Crippen LogP contribution in [-0.4, -0.2) is 35.5 Å². The number of carbonyl (C=O) groups excluding carboxylic acids is 1. The van der Waals surface area contributed by atoms with E-state index in [4.69, 9.17) is 26.1 Å². The Hall–Kier alpha value is -4.95. The fourth-order valence-corrected chi connectivity index (χ4v) is 4.07. The normalized spacial score (nSPS) is 11.0. The van der Waals surface area contributed by atoms with Crippen LogP contribution in [0.1, 0.15) is 5.56 Å². The van der Waals surface area contributed by atoms with Crippen LogP contribution in [-0.2, 0) is 4.79 Å².